The van der Waals surface area contributed by atoms with Gasteiger partial charge in [0, 0.05) is 24.0 Å². The van der Waals surface area contributed by atoms with Crippen molar-refractivity contribution in [3.63, 3.8) is 0 Å². The third-order valence-corrected chi connectivity index (χ3v) is 4.08. The van der Waals surface area contributed by atoms with Crippen molar-refractivity contribution in [3.8, 4) is 22.1 Å². The molecule has 1 aromatic carbocycles. The lowest BCUT2D eigenvalue weighted by atomic mass is 10.2. The lowest BCUT2D eigenvalue weighted by molar-refractivity contribution is 0.0950. The van der Waals surface area contributed by atoms with Crippen LogP contribution in [0.25, 0.3) is 10.6 Å². The van der Waals surface area contributed by atoms with Crippen LogP contribution in [0.3, 0.4) is 0 Å². The summed E-state index contributed by atoms with van der Waals surface area (Å²) >= 11 is 1.44. The first-order valence-corrected chi connectivity index (χ1v) is 7.94. The van der Waals surface area contributed by atoms with E-state index < -0.39 is 0 Å². The fraction of sp³-hybridized carbons (Fsp3) is 0.333. The maximum Gasteiger partial charge on any atom is 0.270 e. The fourth-order valence-corrected chi connectivity index (χ4v) is 2.88. The summed E-state index contributed by atoms with van der Waals surface area (Å²) < 4.78 is 11.1. The quantitative estimate of drug-likeness (QED) is 0.818. The predicted molar refractivity (Wildman–Crippen MR) is 84.8 cm³/mol. The molecule has 0 aliphatic carbocycles. The molecule has 2 N–H and O–H groups in total. The van der Waals surface area contributed by atoms with Gasteiger partial charge in [-0.3, -0.25) is 4.79 Å². The van der Waals surface area contributed by atoms with Crippen LogP contribution >= 0.6 is 11.3 Å². The van der Waals surface area contributed by atoms with Gasteiger partial charge in [0.05, 0.1) is 0 Å². The standard InChI is InChI=1S/C15H17N3O3S/c1-16-4-5-17-14(19)11-9-22-15(18-11)10-2-3-12-13(8-10)21-7-6-20-12/h2-3,8-9,16H,4-7H2,1H3,(H,17,19). The molecule has 0 unspecified atom stereocenters. The van der Waals surface area contributed by atoms with E-state index in [1.807, 2.05) is 25.2 Å². The van der Waals surface area contributed by atoms with E-state index in [4.69, 9.17) is 9.47 Å². The summed E-state index contributed by atoms with van der Waals surface area (Å²) in [7, 11) is 1.84. The number of thiazole rings is 1. The zero-order valence-electron chi connectivity index (χ0n) is 12.2. The highest BCUT2D eigenvalue weighted by Gasteiger charge is 2.15. The zero-order chi connectivity index (χ0) is 15.4. The van der Waals surface area contributed by atoms with E-state index in [0.29, 0.717) is 25.5 Å². The van der Waals surface area contributed by atoms with Crippen LogP contribution in [-0.2, 0) is 0 Å². The molecule has 22 heavy (non-hydrogen) atoms. The molecule has 1 aliphatic heterocycles. The minimum Gasteiger partial charge on any atom is -0.486 e. The topological polar surface area (TPSA) is 72.5 Å². The second-order valence-electron chi connectivity index (χ2n) is 4.76. The van der Waals surface area contributed by atoms with Crippen LogP contribution in [0, 0.1) is 0 Å². The van der Waals surface area contributed by atoms with Gasteiger partial charge in [-0.1, -0.05) is 0 Å². The number of rotatable bonds is 5. The Bertz CT molecular complexity index is 672. The average Bonchev–Trinajstić information content (AvgIpc) is 3.04. The largest absolute Gasteiger partial charge is 0.486 e. The van der Waals surface area contributed by atoms with Crippen LogP contribution in [0.2, 0.25) is 0 Å². The van der Waals surface area contributed by atoms with Gasteiger partial charge in [-0.05, 0) is 25.2 Å². The first-order valence-electron chi connectivity index (χ1n) is 7.06. The van der Waals surface area contributed by atoms with E-state index in [2.05, 4.69) is 15.6 Å². The predicted octanol–water partition coefficient (Wildman–Crippen LogP) is 1.53. The van der Waals surface area contributed by atoms with E-state index in [1.54, 1.807) is 5.38 Å². The van der Waals surface area contributed by atoms with Crippen molar-refractivity contribution in [2.24, 2.45) is 0 Å². The molecule has 0 spiro atoms. The minimum absolute atomic E-state index is 0.157. The van der Waals surface area contributed by atoms with Gasteiger partial charge in [0.25, 0.3) is 5.91 Å². The molecule has 0 saturated carbocycles. The van der Waals surface area contributed by atoms with Gasteiger partial charge < -0.3 is 20.1 Å². The Morgan fingerprint density at radius 2 is 2.09 bits per heavy atom. The van der Waals surface area contributed by atoms with Crippen molar-refractivity contribution in [1.82, 2.24) is 15.6 Å². The summed E-state index contributed by atoms with van der Waals surface area (Å²) in [5.74, 6) is 1.31. The van der Waals surface area contributed by atoms with E-state index >= 15 is 0 Å². The smallest absolute Gasteiger partial charge is 0.270 e. The normalized spacial score (nSPS) is 13.0. The third-order valence-electron chi connectivity index (χ3n) is 3.19. The molecule has 2 aromatic rings. The number of hydrogen-bond acceptors (Lipinski definition) is 6. The van der Waals surface area contributed by atoms with Gasteiger partial charge in [0.1, 0.15) is 23.9 Å². The maximum absolute atomic E-state index is 12.0. The van der Waals surface area contributed by atoms with Crippen LogP contribution in [0.1, 0.15) is 10.5 Å². The van der Waals surface area contributed by atoms with Gasteiger partial charge >= 0.3 is 0 Å². The van der Waals surface area contributed by atoms with E-state index in [0.717, 1.165) is 28.6 Å². The number of fused-ring (bicyclic) bond motifs is 1. The highest BCUT2D eigenvalue weighted by Crippen LogP contribution is 2.35. The first kappa shape index (κ1) is 14.8. The molecule has 6 nitrogen and oxygen atoms in total. The number of aromatic nitrogens is 1. The molecule has 0 bridgehead atoms. The lowest BCUT2D eigenvalue weighted by Crippen LogP contribution is -2.30. The van der Waals surface area contributed by atoms with Crippen molar-refractivity contribution < 1.29 is 14.3 Å². The van der Waals surface area contributed by atoms with E-state index in [-0.39, 0.29) is 5.91 Å². The van der Waals surface area contributed by atoms with E-state index in [9.17, 15) is 4.79 Å². The van der Waals surface area contributed by atoms with Crippen molar-refractivity contribution in [2.45, 2.75) is 0 Å². The Morgan fingerprint density at radius 1 is 1.27 bits per heavy atom. The van der Waals surface area contributed by atoms with Crippen LogP contribution in [0.15, 0.2) is 23.6 Å². The summed E-state index contributed by atoms with van der Waals surface area (Å²) in [5, 5.41) is 8.34. The summed E-state index contributed by atoms with van der Waals surface area (Å²) in [6, 6.07) is 5.70. The van der Waals surface area contributed by atoms with Crippen molar-refractivity contribution in [2.75, 3.05) is 33.4 Å². The number of carbonyl (C=O) groups excluding carboxylic acids is 1. The zero-order valence-corrected chi connectivity index (χ0v) is 13.0. The van der Waals surface area contributed by atoms with Crippen LogP contribution in [0.5, 0.6) is 11.5 Å². The number of amides is 1. The molecule has 0 radical (unpaired) electrons. The average molecular weight is 319 g/mol. The molecule has 1 aliphatic rings. The molecule has 0 saturated heterocycles. The highest BCUT2D eigenvalue weighted by atomic mass is 32.1. The summed E-state index contributed by atoms with van der Waals surface area (Å²) in [6.45, 7) is 2.42. The van der Waals surface area contributed by atoms with Gasteiger partial charge in [-0.25, -0.2) is 4.98 Å². The van der Waals surface area contributed by atoms with E-state index in [1.165, 1.54) is 11.3 Å². The molecule has 0 fully saturated rings. The van der Waals surface area contributed by atoms with Gasteiger partial charge in [-0.2, -0.15) is 0 Å². The Kier molecular flexibility index (Phi) is 4.55. The number of nitrogens with one attached hydrogen (secondary N) is 2. The Hall–Kier alpha value is -2.12. The molecule has 1 amide bonds. The Morgan fingerprint density at radius 3 is 2.91 bits per heavy atom. The van der Waals surface area contributed by atoms with Crippen LogP contribution < -0.4 is 20.1 Å². The maximum atomic E-state index is 12.0. The molecular formula is C15H17N3O3S. The number of nitrogens with zero attached hydrogens (tertiary/aromatic N) is 1. The Balaban J connectivity index is 1.74. The number of ether oxygens (including phenoxy) is 2. The molecule has 116 valence electrons. The van der Waals surface area contributed by atoms with Gasteiger partial charge in [0.2, 0.25) is 0 Å². The van der Waals surface area contributed by atoms with Crippen molar-refractivity contribution in [1.29, 1.82) is 0 Å². The second-order valence-corrected chi connectivity index (χ2v) is 5.61. The second kappa shape index (κ2) is 6.76. The summed E-state index contributed by atoms with van der Waals surface area (Å²) in [4.78, 5) is 16.4. The van der Waals surface area contributed by atoms with Crippen molar-refractivity contribution >= 4 is 17.2 Å². The summed E-state index contributed by atoms with van der Waals surface area (Å²) in [6.07, 6.45) is 0. The highest BCUT2D eigenvalue weighted by molar-refractivity contribution is 7.13. The van der Waals surface area contributed by atoms with Gasteiger partial charge in [-0.15, -0.1) is 11.3 Å². The number of likely N-dealkylation sites (N-methyl/N-ethyl adjacent to an activating group) is 1. The minimum atomic E-state index is -0.157. The lowest BCUT2D eigenvalue weighted by Gasteiger charge is -2.18. The summed E-state index contributed by atoms with van der Waals surface area (Å²) in [5.41, 5.74) is 1.36. The van der Waals surface area contributed by atoms with Crippen LogP contribution in [0.4, 0.5) is 0 Å². The first-order chi connectivity index (χ1) is 10.8. The molecule has 0 atom stereocenters. The monoisotopic (exact) mass is 319 g/mol. The van der Waals surface area contributed by atoms with Gasteiger partial charge in [0.15, 0.2) is 11.5 Å². The third kappa shape index (κ3) is 3.20. The molecule has 1 aromatic heterocycles. The molecular weight excluding hydrogens is 302 g/mol. The molecule has 7 heteroatoms. The molecule has 2 heterocycles. The number of benzene rings is 1. The van der Waals surface area contributed by atoms with Crippen molar-refractivity contribution in [3.05, 3.63) is 29.3 Å². The SMILES string of the molecule is CNCCNC(=O)c1csc(-c2ccc3c(c2)OCCO3)n1. The molecule has 3 rings (SSSR count). The fourth-order valence-electron chi connectivity index (χ4n) is 2.08. The van der Waals surface area contributed by atoms with Crippen LogP contribution in [-0.4, -0.2) is 44.2 Å². The number of hydrogen-bond donors (Lipinski definition) is 2. The Labute approximate surface area is 132 Å². The number of carbonyl (C=O) groups is 1.